The SMILES string of the molecule is O=C(Nc1nncs1)c1cccc(-n2cnnn2)c1. The molecule has 0 aliphatic heterocycles. The van der Waals surface area contributed by atoms with Crippen LogP contribution in [0.2, 0.25) is 0 Å². The number of amides is 1. The highest BCUT2D eigenvalue weighted by molar-refractivity contribution is 7.13. The van der Waals surface area contributed by atoms with Gasteiger partial charge >= 0.3 is 0 Å². The van der Waals surface area contributed by atoms with E-state index < -0.39 is 0 Å². The first-order chi connectivity index (χ1) is 9.33. The lowest BCUT2D eigenvalue weighted by Gasteiger charge is -2.03. The summed E-state index contributed by atoms with van der Waals surface area (Å²) < 4.78 is 1.47. The monoisotopic (exact) mass is 273 g/mol. The molecule has 2 heterocycles. The van der Waals surface area contributed by atoms with Gasteiger partial charge in [-0.05, 0) is 28.6 Å². The Labute approximate surface area is 111 Å². The van der Waals surface area contributed by atoms with Gasteiger partial charge in [0.1, 0.15) is 11.8 Å². The molecule has 0 aliphatic carbocycles. The van der Waals surface area contributed by atoms with E-state index in [1.165, 1.54) is 22.3 Å². The van der Waals surface area contributed by atoms with Crippen LogP contribution in [0.4, 0.5) is 5.13 Å². The number of hydrogen-bond donors (Lipinski definition) is 1. The number of hydrogen-bond acceptors (Lipinski definition) is 7. The third kappa shape index (κ3) is 2.45. The van der Waals surface area contributed by atoms with E-state index >= 15 is 0 Å². The molecular formula is C10H7N7OS. The third-order valence-corrected chi connectivity index (χ3v) is 2.91. The Morgan fingerprint density at radius 2 is 2.26 bits per heavy atom. The van der Waals surface area contributed by atoms with Crippen LogP contribution in [0.3, 0.4) is 0 Å². The minimum Gasteiger partial charge on any atom is -0.296 e. The quantitative estimate of drug-likeness (QED) is 0.756. The Morgan fingerprint density at radius 1 is 1.32 bits per heavy atom. The van der Waals surface area contributed by atoms with Crippen LogP contribution in [0.1, 0.15) is 10.4 Å². The number of tetrazole rings is 1. The lowest BCUT2D eigenvalue weighted by molar-refractivity contribution is 0.102. The van der Waals surface area contributed by atoms with Crippen molar-refractivity contribution in [2.24, 2.45) is 0 Å². The zero-order valence-electron chi connectivity index (χ0n) is 9.46. The van der Waals surface area contributed by atoms with Crippen LogP contribution < -0.4 is 5.32 Å². The third-order valence-electron chi connectivity index (χ3n) is 2.30. The number of carbonyl (C=O) groups is 1. The van der Waals surface area contributed by atoms with Crippen molar-refractivity contribution >= 4 is 22.4 Å². The van der Waals surface area contributed by atoms with Gasteiger partial charge in [0.05, 0.1) is 5.69 Å². The Hall–Kier alpha value is -2.68. The highest BCUT2D eigenvalue weighted by Crippen LogP contribution is 2.13. The van der Waals surface area contributed by atoms with Crippen LogP contribution in [0.25, 0.3) is 5.69 Å². The minimum absolute atomic E-state index is 0.258. The molecule has 0 aliphatic rings. The summed E-state index contributed by atoms with van der Waals surface area (Å²) in [7, 11) is 0. The Kier molecular flexibility index (Phi) is 2.94. The van der Waals surface area contributed by atoms with Gasteiger partial charge in [-0.1, -0.05) is 17.4 Å². The van der Waals surface area contributed by atoms with E-state index in [0.29, 0.717) is 16.4 Å². The number of nitrogens with one attached hydrogen (secondary N) is 1. The second-order valence-corrected chi connectivity index (χ2v) is 4.34. The predicted octanol–water partition coefficient (Wildman–Crippen LogP) is 0.766. The second kappa shape index (κ2) is 4.90. The van der Waals surface area contributed by atoms with Gasteiger partial charge in [-0.25, -0.2) is 4.68 Å². The Morgan fingerprint density at radius 3 is 3.00 bits per heavy atom. The molecule has 0 spiro atoms. The average Bonchev–Trinajstić information content (AvgIpc) is 3.12. The molecule has 0 atom stereocenters. The zero-order valence-corrected chi connectivity index (χ0v) is 10.3. The number of carbonyl (C=O) groups excluding carboxylic acids is 1. The predicted molar refractivity (Wildman–Crippen MR) is 67.0 cm³/mol. The van der Waals surface area contributed by atoms with Gasteiger partial charge in [0, 0.05) is 5.56 Å². The molecule has 0 saturated carbocycles. The molecular weight excluding hydrogens is 266 g/mol. The van der Waals surface area contributed by atoms with Gasteiger partial charge in [0.15, 0.2) is 0 Å². The van der Waals surface area contributed by atoms with Gasteiger partial charge in [-0.3, -0.25) is 10.1 Å². The maximum absolute atomic E-state index is 12.0. The van der Waals surface area contributed by atoms with Crippen LogP contribution in [0.5, 0.6) is 0 Å². The number of rotatable bonds is 3. The Balaban J connectivity index is 1.85. The molecule has 3 aromatic rings. The van der Waals surface area contributed by atoms with E-state index in [9.17, 15) is 4.79 Å². The van der Waals surface area contributed by atoms with Gasteiger partial charge in [0.25, 0.3) is 5.91 Å². The number of nitrogens with zero attached hydrogens (tertiary/aromatic N) is 6. The zero-order chi connectivity index (χ0) is 13.1. The molecule has 94 valence electrons. The van der Waals surface area contributed by atoms with E-state index in [-0.39, 0.29) is 5.91 Å². The first kappa shape index (κ1) is 11.4. The molecule has 1 aromatic carbocycles. The van der Waals surface area contributed by atoms with E-state index in [0.717, 1.165) is 0 Å². The second-order valence-electron chi connectivity index (χ2n) is 3.50. The van der Waals surface area contributed by atoms with E-state index in [2.05, 4.69) is 31.0 Å². The first-order valence-electron chi connectivity index (χ1n) is 5.24. The van der Waals surface area contributed by atoms with Crippen LogP contribution in [-0.2, 0) is 0 Å². The first-order valence-corrected chi connectivity index (χ1v) is 6.12. The van der Waals surface area contributed by atoms with Crippen molar-refractivity contribution in [3.8, 4) is 5.69 Å². The molecule has 3 rings (SSSR count). The summed E-state index contributed by atoms with van der Waals surface area (Å²) >= 11 is 1.26. The van der Waals surface area contributed by atoms with Crippen molar-refractivity contribution in [1.82, 2.24) is 30.4 Å². The summed E-state index contributed by atoms with van der Waals surface area (Å²) in [6.45, 7) is 0. The lowest BCUT2D eigenvalue weighted by Crippen LogP contribution is -2.12. The summed E-state index contributed by atoms with van der Waals surface area (Å²) in [6, 6.07) is 6.95. The fourth-order valence-corrected chi connectivity index (χ4v) is 1.91. The maximum atomic E-state index is 12.0. The summed E-state index contributed by atoms with van der Waals surface area (Å²) in [5.74, 6) is -0.258. The van der Waals surface area contributed by atoms with E-state index in [1.807, 2.05) is 0 Å². The summed E-state index contributed by atoms with van der Waals surface area (Å²) in [6.07, 6.45) is 1.46. The molecule has 0 radical (unpaired) electrons. The summed E-state index contributed by atoms with van der Waals surface area (Å²) in [5, 5.41) is 21.4. The van der Waals surface area contributed by atoms with Crippen LogP contribution in [-0.4, -0.2) is 36.3 Å². The number of benzene rings is 1. The van der Waals surface area contributed by atoms with Gasteiger partial charge in [-0.2, -0.15) is 0 Å². The molecule has 0 bridgehead atoms. The largest absolute Gasteiger partial charge is 0.296 e. The van der Waals surface area contributed by atoms with E-state index in [1.54, 1.807) is 29.8 Å². The van der Waals surface area contributed by atoms with Gasteiger partial charge in [0.2, 0.25) is 5.13 Å². The van der Waals surface area contributed by atoms with Crippen LogP contribution in [0.15, 0.2) is 36.1 Å². The molecule has 9 heteroatoms. The van der Waals surface area contributed by atoms with Crippen molar-refractivity contribution in [3.05, 3.63) is 41.7 Å². The Bertz CT molecular complexity index is 680. The molecule has 2 aromatic heterocycles. The number of aromatic nitrogens is 6. The van der Waals surface area contributed by atoms with Crippen molar-refractivity contribution in [2.75, 3.05) is 5.32 Å². The highest BCUT2D eigenvalue weighted by Gasteiger charge is 2.09. The van der Waals surface area contributed by atoms with E-state index in [4.69, 9.17) is 0 Å². The normalized spacial score (nSPS) is 10.3. The van der Waals surface area contributed by atoms with Crippen molar-refractivity contribution in [3.63, 3.8) is 0 Å². The van der Waals surface area contributed by atoms with Crippen molar-refractivity contribution in [1.29, 1.82) is 0 Å². The fraction of sp³-hybridized carbons (Fsp3) is 0. The lowest BCUT2D eigenvalue weighted by atomic mass is 10.2. The van der Waals surface area contributed by atoms with Crippen LogP contribution in [0, 0.1) is 0 Å². The minimum atomic E-state index is -0.258. The molecule has 0 unspecified atom stereocenters. The standard InChI is InChI=1S/C10H7N7OS/c18-9(13-10-14-12-6-19-10)7-2-1-3-8(4-7)17-5-11-15-16-17/h1-6H,(H,13,14,18). The summed E-state index contributed by atoms with van der Waals surface area (Å²) in [4.78, 5) is 12.0. The maximum Gasteiger partial charge on any atom is 0.257 e. The smallest absolute Gasteiger partial charge is 0.257 e. The topological polar surface area (TPSA) is 98.5 Å². The molecule has 19 heavy (non-hydrogen) atoms. The van der Waals surface area contributed by atoms with Crippen molar-refractivity contribution in [2.45, 2.75) is 0 Å². The van der Waals surface area contributed by atoms with Crippen molar-refractivity contribution < 1.29 is 4.79 Å². The molecule has 0 fully saturated rings. The molecule has 1 amide bonds. The summed E-state index contributed by atoms with van der Waals surface area (Å²) in [5.41, 5.74) is 2.74. The highest BCUT2D eigenvalue weighted by atomic mass is 32.1. The average molecular weight is 273 g/mol. The van der Waals surface area contributed by atoms with Gasteiger partial charge in [-0.15, -0.1) is 15.3 Å². The molecule has 0 saturated heterocycles. The number of anilines is 1. The van der Waals surface area contributed by atoms with Gasteiger partial charge < -0.3 is 0 Å². The molecule has 8 nitrogen and oxygen atoms in total. The fourth-order valence-electron chi connectivity index (χ4n) is 1.47. The molecule has 1 N–H and O–H groups in total. The van der Waals surface area contributed by atoms with Crippen LogP contribution >= 0.6 is 11.3 Å².